The maximum atomic E-state index is 5.97. The lowest BCUT2D eigenvalue weighted by Crippen LogP contribution is -2.37. The van der Waals surface area contributed by atoms with Gasteiger partial charge in [-0.3, -0.25) is 0 Å². The summed E-state index contributed by atoms with van der Waals surface area (Å²) >= 11 is 11.9. The van der Waals surface area contributed by atoms with Gasteiger partial charge in [-0.25, -0.2) is 0 Å². The number of rotatable bonds is 4. The Morgan fingerprint density at radius 2 is 1.90 bits per heavy atom. The van der Waals surface area contributed by atoms with Crippen LogP contribution in [-0.4, -0.2) is 22.3 Å². The zero-order chi connectivity index (χ0) is 14.8. The highest BCUT2D eigenvalue weighted by atomic mass is 35.5. The largest absolute Gasteiger partial charge is 0.421 e. The third kappa shape index (κ3) is 4.20. The number of nitrogens with zero attached hydrogens (tertiary/aromatic N) is 2. The Hall–Kier alpha value is -1.10. The molecule has 20 heavy (non-hydrogen) atoms. The van der Waals surface area contributed by atoms with E-state index in [9.17, 15) is 0 Å². The lowest BCUT2D eigenvalue weighted by molar-refractivity contribution is 0.412. The van der Waals surface area contributed by atoms with E-state index in [1.807, 2.05) is 0 Å². The molecule has 2 rings (SSSR count). The molecule has 4 nitrogen and oxygen atoms in total. The van der Waals surface area contributed by atoms with Gasteiger partial charge in [0.2, 0.25) is 11.8 Å². The summed E-state index contributed by atoms with van der Waals surface area (Å²) in [4.78, 5) is 0. The molecule has 1 aromatic carbocycles. The van der Waals surface area contributed by atoms with Gasteiger partial charge in [0.05, 0.1) is 10.0 Å². The molecule has 1 aromatic heterocycles. The third-order valence-corrected chi connectivity index (χ3v) is 3.37. The first-order valence-corrected chi connectivity index (χ1v) is 7.13. The second-order valence-corrected chi connectivity index (χ2v) is 6.37. The molecule has 0 aliphatic carbocycles. The van der Waals surface area contributed by atoms with Crippen LogP contribution in [0.4, 0.5) is 0 Å². The van der Waals surface area contributed by atoms with E-state index in [2.05, 4.69) is 36.3 Å². The Bertz CT molecular complexity index is 590. The van der Waals surface area contributed by atoms with Crippen molar-refractivity contribution in [1.29, 1.82) is 0 Å². The highest BCUT2D eigenvalue weighted by molar-refractivity contribution is 6.42. The van der Waals surface area contributed by atoms with Gasteiger partial charge in [0, 0.05) is 24.1 Å². The molecule has 0 atom stereocenters. The quantitative estimate of drug-likeness (QED) is 0.927. The molecule has 0 saturated heterocycles. The molecule has 108 valence electrons. The maximum Gasteiger partial charge on any atom is 0.247 e. The van der Waals surface area contributed by atoms with Crippen LogP contribution in [0, 0.1) is 0 Å². The topological polar surface area (TPSA) is 51.0 Å². The molecule has 1 heterocycles. The number of nitrogens with one attached hydrogen (secondary N) is 1. The van der Waals surface area contributed by atoms with E-state index in [-0.39, 0.29) is 5.54 Å². The molecule has 0 fully saturated rings. The van der Waals surface area contributed by atoms with Crippen molar-refractivity contribution in [3.8, 4) is 11.5 Å². The molecular formula is C14H17Cl2N3O. The van der Waals surface area contributed by atoms with Crippen molar-refractivity contribution in [3.63, 3.8) is 0 Å². The van der Waals surface area contributed by atoms with Gasteiger partial charge in [-0.2, -0.15) is 0 Å². The zero-order valence-corrected chi connectivity index (χ0v) is 13.2. The minimum atomic E-state index is 0.0759. The predicted molar refractivity (Wildman–Crippen MR) is 81.2 cm³/mol. The molecule has 0 saturated carbocycles. The van der Waals surface area contributed by atoms with E-state index >= 15 is 0 Å². The molecular weight excluding hydrogens is 297 g/mol. The summed E-state index contributed by atoms with van der Waals surface area (Å²) < 4.78 is 5.62. The number of hydrogen-bond acceptors (Lipinski definition) is 4. The first kappa shape index (κ1) is 15.3. The van der Waals surface area contributed by atoms with Crippen molar-refractivity contribution in [2.45, 2.75) is 32.7 Å². The van der Waals surface area contributed by atoms with E-state index in [0.717, 1.165) is 12.1 Å². The third-order valence-electron chi connectivity index (χ3n) is 2.63. The second kappa shape index (κ2) is 6.12. The molecule has 0 radical (unpaired) electrons. The molecule has 0 amide bonds. The monoisotopic (exact) mass is 313 g/mol. The van der Waals surface area contributed by atoms with E-state index in [1.54, 1.807) is 18.2 Å². The van der Waals surface area contributed by atoms with Crippen LogP contribution < -0.4 is 5.32 Å². The predicted octanol–water partition coefficient (Wildman–Crippen LogP) is 3.97. The first-order valence-electron chi connectivity index (χ1n) is 6.38. The van der Waals surface area contributed by atoms with Crippen molar-refractivity contribution in [3.05, 3.63) is 34.1 Å². The molecule has 0 unspecified atom stereocenters. The van der Waals surface area contributed by atoms with Crippen molar-refractivity contribution in [1.82, 2.24) is 15.5 Å². The standard InChI is InChI=1S/C14H17Cl2N3O/c1-14(2,3)17-7-6-12-18-19-13(20-12)9-4-5-10(15)11(16)8-9/h4-5,8,17H,6-7H2,1-3H3. The maximum absolute atomic E-state index is 5.97. The summed E-state index contributed by atoms with van der Waals surface area (Å²) in [6.07, 6.45) is 0.686. The first-order chi connectivity index (χ1) is 9.35. The van der Waals surface area contributed by atoms with Gasteiger partial charge in [0.15, 0.2) is 0 Å². The molecule has 2 aromatic rings. The Morgan fingerprint density at radius 3 is 2.55 bits per heavy atom. The normalized spacial score (nSPS) is 11.8. The van der Waals surface area contributed by atoms with Crippen LogP contribution in [0.1, 0.15) is 26.7 Å². The number of benzene rings is 1. The van der Waals surface area contributed by atoms with Gasteiger partial charge in [-0.1, -0.05) is 23.2 Å². The summed E-state index contributed by atoms with van der Waals surface area (Å²) in [6, 6.07) is 5.23. The fourth-order valence-corrected chi connectivity index (χ4v) is 1.94. The average molecular weight is 314 g/mol. The summed E-state index contributed by atoms with van der Waals surface area (Å²) in [5.41, 5.74) is 0.842. The smallest absolute Gasteiger partial charge is 0.247 e. The lowest BCUT2D eigenvalue weighted by atomic mass is 10.1. The summed E-state index contributed by atoms with van der Waals surface area (Å²) in [5.74, 6) is 1.05. The van der Waals surface area contributed by atoms with Crippen LogP contribution in [0.25, 0.3) is 11.5 Å². The van der Waals surface area contributed by atoms with Crippen molar-refractivity contribution < 1.29 is 4.42 Å². The number of halogens is 2. The number of aromatic nitrogens is 2. The Kier molecular flexibility index (Phi) is 4.68. The Balaban J connectivity index is 2.03. The fourth-order valence-electron chi connectivity index (χ4n) is 1.64. The number of hydrogen-bond donors (Lipinski definition) is 1. The molecule has 0 aliphatic heterocycles. The van der Waals surface area contributed by atoms with E-state index in [4.69, 9.17) is 27.6 Å². The highest BCUT2D eigenvalue weighted by Crippen LogP contribution is 2.27. The molecule has 0 aliphatic rings. The van der Waals surface area contributed by atoms with Crippen molar-refractivity contribution in [2.24, 2.45) is 0 Å². The minimum Gasteiger partial charge on any atom is -0.421 e. The van der Waals surface area contributed by atoms with Crippen molar-refractivity contribution in [2.75, 3.05) is 6.54 Å². The van der Waals surface area contributed by atoms with Crippen LogP contribution >= 0.6 is 23.2 Å². The molecule has 0 spiro atoms. The van der Waals surface area contributed by atoms with Crippen LogP contribution in [-0.2, 0) is 6.42 Å². The second-order valence-electron chi connectivity index (χ2n) is 5.56. The molecule has 1 N–H and O–H groups in total. The molecule has 0 bridgehead atoms. The summed E-state index contributed by atoms with van der Waals surface area (Å²) in [6.45, 7) is 7.12. The van der Waals surface area contributed by atoms with E-state index < -0.39 is 0 Å². The lowest BCUT2D eigenvalue weighted by Gasteiger charge is -2.19. The van der Waals surface area contributed by atoms with Gasteiger partial charge in [0.25, 0.3) is 0 Å². The SMILES string of the molecule is CC(C)(C)NCCc1nnc(-c2ccc(Cl)c(Cl)c2)o1. The van der Waals surface area contributed by atoms with Gasteiger partial charge in [-0.05, 0) is 39.0 Å². The van der Waals surface area contributed by atoms with Crippen molar-refractivity contribution >= 4 is 23.2 Å². The fraction of sp³-hybridized carbons (Fsp3) is 0.429. The van der Waals surface area contributed by atoms with Crippen LogP contribution in [0.5, 0.6) is 0 Å². The van der Waals surface area contributed by atoms with E-state index in [1.165, 1.54) is 0 Å². The van der Waals surface area contributed by atoms with Gasteiger partial charge < -0.3 is 9.73 Å². The van der Waals surface area contributed by atoms with Crippen LogP contribution in [0.15, 0.2) is 22.6 Å². The van der Waals surface area contributed by atoms with Gasteiger partial charge >= 0.3 is 0 Å². The Labute approximate surface area is 128 Å². The summed E-state index contributed by atoms with van der Waals surface area (Å²) in [5, 5.41) is 12.4. The van der Waals surface area contributed by atoms with Crippen LogP contribution in [0.2, 0.25) is 10.0 Å². The minimum absolute atomic E-state index is 0.0759. The average Bonchev–Trinajstić information content (AvgIpc) is 2.80. The Morgan fingerprint density at radius 1 is 1.15 bits per heavy atom. The molecule has 6 heteroatoms. The highest BCUT2D eigenvalue weighted by Gasteiger charge is 2.12. The van der Waals surface area contributed by atoms with Gasteiger partial charge in [0.1, 0.15) is 0 Å². The van der Waals surface area contributed by atoms with E-state index in [0.29, 0.717) is 28.2 Å². The zero-order valence-electron chi connectivity index (χ0n) is 11.7. The van der Waals surface area contributed by atoms with Gasteiger partial charge in [-0.15, -0.1) is 10.2 Å². The summed E-state index contributed by atoms with van der Waals surface area (Å²) in [7, 11) is 0. The van der Waals surface area contributed by atoms with Crippen LogP contribution in [0.3, 0.4) is 0 Å².